The minimum absolute atomic E-state index is 0.0316. The molecule has 1 fully saturated rings. The van der Waals surface area contributed by atoms with Crippen molar-refractivity contribution in [3.05, 3.63) is 21.1 Å². The highest BCUT2D eigenvalue weighted by atomic mass is 79.9. The standard InChI is InChI=1S/C13H18Br2N2O/c1-2-18-12(9-6-4-3-5-7-9)13-16-10(14)8-11(15)17-13/h8-9,12H,2-7H2,1H3. The molecule has 1 saturated carbocycles. The van der Waals surface area contributed by atoms with Gasteiger partial charge >= 0.3 is 0 Å². The fraction of sp³-hybridized carbons (Fsp3) is 0.692. The average molecular weight is 378 g/mol. The summed E-state index contributed by atoms with van der Waals surface area (Å²) in [5.74, 6) is 1.35. The van der Waals surface area contributed by atoms with Crippen molar-refractivity contribution in [1.82, 2.24) is 9.97 Å². The number of hydrogen-bond acceptors (Lipinski definition) is 3. The van der Waals surface area contributed by atoms with Gasteiger partial charge in [-0.25, -0.2) is 9.97 Å². The summed E-state index contributed by atoms with van der Waals surface area (Å²) in [6, 6.07) is 1.85. The Kier molecular flexibility index (Phi) is 5.57. The molecule has 1 aliphatic carbocycles. The van der Waals surface area contributed by atoms with Crippen LogP contribution in [0.3, 0.4) is 0 Å². The Morgan fingerprint density at radius 2 is 1.83 bits per heavy atom. The van der Waals surface area contributed by atoms with Crippen LogP contribution in [0.4, 0.5) is 0 Å². The van der Waals surface area contributed by atoms with E-state index in [0.29, 0.717) is 12.5 Å². The van der Waals surface area contributed by atoms with E-state index in [1.807, 2.05) is 13.0 Å². The van der Waals surface area contributed by atoms with Crippen molar-refractivity contribution in [1.29, 1.82) is 0 Å². The van der Waals surface area contributed by atoms with E-state index in [0.717, 1.165) is 15.0 Å². The first kappa shape index (κ1) is 14.4. The largest absolute Gasteiger partial charge is 0.370 e. The van der Waals surface area contributed by atoms with Gasteiger partial charge < -0.3 is 4.74 Å². The maximum atomic E-state index is 5.91. The molecule has 0 radical (unpaired) electrons. The molecule has 0 bridgehead atoms. The van der Waals surface area contributed by atoms with Gasteiger partial charge in [-0.1, -0.05) is 19.3 Å². The summed E-state index contributed by atoms with van der Waals surface area (Å²) in [5.41, 5.74) is 0. The Labute approximate surface area is 125 Å². The molecule has 100 valence electrons. The average Bonchev–Trinajstić information content (AvgIpc) is 2.36. The first-order valence-corrected chi connectivity index (χ1v) is 8.11. The van der Waals surface area contributed by atoms with Crippen LogP contribution in [0, 0.1) is 5.92 Å². The van der Waals surface area contributed by atoms with Gasteiger partial charge in [-0.3, -0.25) is 0 Å². The van der Waals surface area contributed by atoms with Crippen LogP contribution in [0.15, 0.2) is 15.3 Å². The zero-order valence-corrected chi connectivity index (χ0v) is 13.7. The Hall–Kier alpha value is -0.0000000000000000555. The molecule has 5 heteroatoms. The van der Waals surface area contributed by atoms with E-state index in [9.17, 15) is 0 Å². The van der Waals surface area contributed by atoms with E-state index in [2.05, 4.69) is 41.8 Å². The molecule has 1 atom stereocenters. The van der Waals surface area contributed by atoms with Gasteiger partial charge in [-0.05, 0) is 57.5 Å². The second-order valence-electron chi connectivity index (χ2n) is 4.65. The highest BCUT2D eigenvalue weighted by molar-refractivity contribution is 9.11. The fourth-order valence-corrected chi connectivity index (χ4v) is 3.68. The molecule has 2 rings (SSSR count). The molecule has 0 saturated heterocycles. The Balaban J connectivity index is 2.22. The molecule has 0 aliphatic heterocycles. The molecule has 1 aliphatic rings. The maximum Gasteiger partial charge on any atom is 0.159 e. The van der Waals surface area contributed by atoms with Crippen molar-refractivity contribution in [3.8, 4) is 0 Å². The smallest absolute Gasteiger partial charge is 0.159 e. The first-order valence-electron chi connectivity index (χ1n) is 6.52. The lowest BCUT2D eigenvalue weighted by molar-refractivity contribution is -0.000409. The summed E-state index contributed by atoms with van der Waals surface area (Å²) in [5, 5.41) is 0. The molecule has 0 aromatic carbocycles. The third kappa shape index (κ3) is 3.75. The molecule has 3 nitrogen and oxygen atoms in total. The summed E-state index contributed by atoms with van der Waals surface area (Å²) in [6.45, 7) is 2.73. The number of halogens is 2. The van der Waals surface area contributed by atoms with Crippen LogP contribution in [0.1, 0.15) is 51.0 Å². The Morgan fingerprint density at radius 1 is 1.22 bits per heavy atom. The predicted molar refractivity (Wildman–Crippen MR) is 78.4 cm³/mol. The second kappa shape index (κ2) is 6.96. The Morgan fingerprint density at radius 3 is 2.39 bits per heavy atom. The maximum absolute atomic E-state index is 5.91. The molecule has 1 aromatic heterocycles. The lowest BCUT2D eigenvalue weighted by Gasteiger charge is -2.29. The first-order chi connectivity index (χ1) is 8.70. The van der Waals surface area contributed by atoms with E-state index in [1.165, 1.54) is 32.1 Å². The number of aromatic nitrogens is 2. The van der Waals surface area contributed by atoms with Crippen molar-refractivity contribution in [2.24, 2.45) is 5.92 Å². The van der Waals surface area contributed by atoms with Crippen LogP contribution < -0.4 is 0 Å². The molecular formula is C13H18Br2N2O. The molecule has 0 amide bonds. The van der Waals surface area contributed by atoms with E-state index in [4.69, 9.17) is 4.74 Å². The molecule has 0 spiro atoms. The highest BCUT2D eigenvalue weighted by Crippen LogP contribution is 2.36. The van der Waals surface area contributed by atoms with Gasteiger partial charge in [0.15, 0.2) is 5.82 Å². The molecule has 1 unspecified atom stereocenters. The topological polar surface area (TPSA) is 35.0 Å². The summed E-state index contributed by atoms with van der Waals surface area (Å²) in [7, 11) is 0. The molecule has 0 N–H and O–H groups in total. The predicted octanol–water partition coefficient (Wildman–Crippen LogP) is 4.66. The van der Waals surface area contributed by atoms with E-state index in [-0.39, 0.29) is 6.10 Å². The number of rotatable bonds is 4. The van der Waals surface area contributed by atoms with Crippen LogP contribution >= 0.6 is 31.9 Å². The number of hydrogen-bond donors (Lipinski definition) is 0. The number of nitrogens with zero attached hydrogens (tertiary/aromatic N) is 2. The van der Waals surface area contributed by atoms with Gasteiger partial charge in [-0.15, -0.1) is 0 Å². The quantitative estimate of drug-likeness (QED) is 0.715. The monoisotopic (exact) mass is 376 g/mol. The van der Waals surface area contributed by atoms with Gasteiger partial charge in [0.25, 0.3) is 0 Å². The second-order valence-corrected chi connectivity index (χ2v) is 6.27. The van der Waals surface area contributed by atoms with Crippen LogP contribution in [0.5, 0.6) is 0 Å². The summed E-state index contributed by atoms with van der Waals surface area (Å²) in [4.78, 5) is 8.96. The fourth-order valence-electron chi connectivity index (χ4n) is 2.57. The van der Waals surface area contributed by atoms with Crippen LogP contribution in [0.25, 0.3) is 0 Å². The molecule has 1 heterocycles. The minimum atomic E-state index is 0.0316. The number of ether oxygens (including phenoxy) is 1. The lowest BCUT2D eigenvalue weighted by atomic mass is 9.85. The van der Waals surface area contributed by atoms with Crippen molar-refractivity contribution in [2.75, 3.05) is 6.61 Å². The van der Waals surface area contributed by atoms with Crippen LogP contribution in [0.2, 0.25) is 0 Å². The molecule has 1 aromatic rings. The van der Waals surface area contributed by atoms with Crippen molar-refractivity contribution in [3.63, 3.8) is 0 Å². The van der Waals surface area contributed by atoms with E-state index in [1.54, 1.807) is 0 Å². The normalized spacial score (nSPS) is 18.8. The van der Waals surface area contributed by atoms with E-state index >= 15 is 0 Å². The van der Waals surface area contributed by atoms with Crippen LogP contribution in [-0.2, 0) is 4.74 Å². The van der Waals surface area contributed by atoms with Gasteiger partial charge in [0.2, 0.25) is 0 Å². The molecule has 18 heavy (non-hydrogen) atoms. The summed E-state index contributed by atoms with van der Waals surface area (Å²) in [6.07, 6.45) is 6.41. The lowest BCUT2D eigenvalue weighted by Crippen LogP contribution is -2.21. The van der Waals surface area contributed by atoms with Gasteiger partial charge in [0.05, 0.1) is 0 Å². The van der Waals surface area contributed by atoms with Crippen molar-refractivity contribution < 1.29 is 4.74 Å². The van der Waals surface area contributed by atoms with Gasteiger partial charge in [0, 0.05) is 12.7 Å². The zero-order valence-electron chi connectivity index (χ0n) is 10.5. The highest BCUT2D eigenvalue weighted by Gasteiger charge is 2.28. The Bertz CT molecular complexity index is 374. The summed E-state index contributed by atoms with van der Waals surface area (Å²) < 4.78 is 7.52. The van der Waals surface area contributed by atoms with E-state index < -0.39 is 0 Å². The van der Waals surface area contributed by atoms with Crippen molar-refractivity contribution >= 4 is 31.9 Å². The SMILES string of the molecule is CCOC(c1nc(Br)cc(Br)n1)C1CCCCC1. The van der Waals surface area contributed by atoms with Gasteiger partial charge in [-0.2, -0.15) is 0 Å². The molecular weight excluding hydrogens is 360 g/mol. The van der Waals surface area contributed by atoms with Crippen LogP contribution in [-0.4, -0.2) is 16.6 Å². The van der Waals surface area contributed by atoms with Gasteiger partial charge in [0.1, 0.15) is 15.3 Å². The van der Waals surface area contributed by atoms with Crippen molar-refractivity contribution in [2.45, 2.75) is 45.1 Å². The third-order valence-electron chi connectivity index (χ3n) is 3.36. The third-order valence-corrected chi connectivity index (χ3v) is 4.17. The zero-order chi connectivity index (χ0) is 13.0. The summed E-state index contributed by atoms with van der Waals surface area (Å²) >= 11 is 6.84. The minimum Gasteiger partial charge on any atom is -0.370 e.